The van der Waals surface area contributed by atoms with Crippen LogP contribution < -0.4 is 0 Å². The van der Waals surface area contributed by atoms with Gasteiger partial charge in [-0.1, -0.05) is 109 Å². The van der Waals surface area contributed by atoms with Gasteiger partial charge < -0.3 is 4.57 Å². The molecule has 0 radical (unpaired) electrons. The smallest absolute Gasteiger partial charge is 0.308 e. The summed E-state index contributed by atoms with van der Waals surface area (Å²) >= 11 is 0. The number of benzene rings is 8. The van der Waals surface area contributed by atoms with Crippen LogP contribution in [0.25, 0.3) is 95.0 Å². The standard InChI is InChI=1S/C55H30F6N6/c56-54(57,58)42-20-22-43(47(30-42)55(59,60)61)41-17-21-44(53-65-51(35-11-3-1-4-12-35)64-52(66-53)36-13-5-2-6-14-36)50(29-41)67-48-23-18-39(37-15-7-9-33(25-37)31-62)27-45(48)46-28-40(19-24-49(46)67)38-16-8-10-34(26-38)32-63/h1-30H. The molecule has 2 aromatic heterocycles. The van der Waals surface area contributed by atoms with Gasteiger partial charge in [0.15, 0.2) is 17.5 Å². The summed E-state index contributed by atoms with van der Waals surface area (Å²) in [5, 5.41) is 20.9. The van der Waals surface area contributed by atoms with Crippen molar-refractivity contribution in [2.75, 3.05) is 0 Å². The van der Waals surface area contributed by atoms with Crippen molar-refractivity contribution in [1.82, 2.24) is 19.5 Å². The molecule has 6 nitrogen and oxygen atoms in total. The number of nitriles is 2. The van der Waals surface area contributed by atoms with E-state index in [4.69, 9.17) is 15.0 Å². The van der Waals surface area contributed by atoms with E-state index in [-0.39, 0.29) is 17.5 Å². The Labute approximate surface area is 379 Å². The summed E-state index contributed by atoms with van der Waals surface area (Å²) in [6.45, 7) is 0. The number of alkyl halides is 6. The average Bonchev–Trinajstić information content (AvgIpc) is 3.68. The van der Waals surface area contributed by atoms with Crippen LogP contribution >= 0.6 is 0 Å². The molecular weight excluding hydrogens is 859 g/mol. The predicted molar refractivity (Wildman–Crippen MR) is 246 cm³/mol. The second kappa shape index (κ2) is 16.6. The Morgan fingerprint density at radius 3 is 1.34 bits per heavy atom. The van der Waals surface area contributed by atoms with Gasteiger partial charge in [0.2, 0.25) is 0 Å². The van der Waals surface area contributed by atoms with Gasteiger partial charge in [0.25, 0.3) is 0 Å². The maximum atomic E-state index is 14.9. The lowest BCUT2D eigenvalue weighted by atomic mass is 9.95. The number of nitrogens with zero attached hydrogens (tertiary/aromatic N) is 6. The van der Waals surface area contributed by atoms with Gasteiger partial charge in [0.1, 0.15) is 0 Å². The van der Waals surface area contributed by atoms with Crippen LogP contribution in [0, 0.1) is 22.7 Å². The zero-order valence-corrected chi connectivity index (χ0v) is 34.8. The van der Waals surface area contributed by atoms with E-state index in [1.165, 1.54) is 12.1 Å². The van der Waals surface area contributed by atoms with Crippen molar-refractivity contribution in [3.05, 3.63) is 204 Å². The third kappa shape index (κ3) is 8.02. The topological polar surface area (TPSA) is 91.2 Å². The minimum Gasteiger partial charge on any atom is -0.308 e. The highest BCUT2D eigenvalue weighted by atomic mass is 19.4. The second-order valence-electron chi connectivity index (χ2n) is 15.7. The summed E-state index contributed by atoms with van der Waals surface area (Å²) in [5.41, 5.74) is 4.02. The average molecular weight is 889 g/mol. The number of fused-ring (bicyclic) bond motifs is 3. The largest absolute Gasteiger partial charge is 0.417 e. The molecule has 8 aromatic carbocycles. The van der Waals surface area contributed by atoms with Crippen molar-refractivity contribution in [3.8, 4) is 85.4 Å². The Morgan fingerprint density at radius 1 is 0.388 bits per heavy atom. The van der Waals surface area contributed by atoms with Crippen molar-refractivity contribution in [2.45, 2.75) is 12.4 Å². The van der Waals surface area contributed by atoms with E-state index in [2.05, 4.69) is 12.1 Å². The summed E-state index contributed by atoms with van der Waals surface area (Å²) in [7, 11) is 0. The third-order valence-electron chi connectivity index (χ3n) is 11.6. The Bertz CT molecular complexity index is 3470. The molecule has 0 saturated carbocycles. The minimum absolute atomic E-state index is 0.00898. The Balaban J connectivity index is 1.30. The first-order chi connectivity index (χ1) is 32.4. The number of halogens is 6. The van der Waals surface area contributed by atoms with Crippen molar-refractivity contribution in [1.29, 1.82) is 10.5 Å². The van der Waals surface area contributed by atoms with E-state index in [0.29, 0.717) is 62.3 Å². The molecular formula is C55H30F6N6. The molecule has 0 bridgehead atoms. The van der Waals surface area contributed by atoms with E-state index >= 15 is 0 Å². The van der Waals surface area contributed by atoms with Crippen LogP contribution in [-0.4, -0.2) is 19.5 Å². The SMILES string of the molecule is N#Cc1cccc(-c2ccc3c(c2)c2cc(-c4cccc(C#N)c4)ccc2n3-c2cc(-c3ccc(C(F)(F)F)cc3C(F)(F)F)ccc2-c2nc(-c3ccccc3)nc(-c3ccccc3)n2)c1. The van der Waals surface area contributed by atoms with Crippen LogP contribution in [0.4, 0.5) is 26.3 Å². The molecule has 0 spiro atoms. The molecule has 0 amide bonds. The lowest BCUT2D eigenvalue weighted by molar-refractivity contribution is -0.142. The molecule has 2 heterocycles. The first kappa shape index (κ1) is 42.1. The summed E-state index contributed by atoms with van der Waals surface area (Å²) < 4.78 is 88.2. The van der Waals surface area contributed by atoms with Gasteiger partial charge >= 0.3 is 12.4 Å². The van der Waals surface area contributed by atoms with Crippen LogP contribution in [-0.2, 0) is 12.4 Å². The molecule has 0 aliphatic carbocycles. The fraction of sp³-hybridized carbons (Fsp3) is 0.0364. The molecule has 12 heteroatoms. The fourth-order valence-corrected chi connectivity index (χ4v) is 8.39. The van der Waals surface area contributed by atoms with Crippen molar-refractivity contribution in [3.63, 3.8) is 0 Å². The van der Waals surface area contributed by atoms with Crippen molar-refractivity contribution < 1.29 is 26.3 Å². The molecule has 0 fully saturated rings. The lowest BCUT2D eigenvalue weighted by Crippen LogP contribution is -2.12. The second-order valence-corrected chi connectivity index (χ2v) is 15.7. The number of hydrogen-bond acceptors (Lipinski definition) is 5. The molecule has 0 saturated heterocycles. The molecule has 0 unspecified atom stereocenters. The van der Waals surface area contributed by atoms with E-state index in [1.807, 2.05) is 114 Å². The number of aromatic nitrogens is 4. The van der Waals surface area contributed by atoms with Crippen LogP contribution in [0.3, 0.4) is 0 Å². The highest BCUT2D eigenvalue weighted by molar-refractivity contribution is 6.12. The van der Waals surface area contributed by atoms with Gasteiger partial charge in [-0.25, -0.2) is 15.0 Å². The Hall–Kier alpha value is -8.87. The zero-order valence-electron chi connectivity index (χ0n) is 34.8. The molecule has 10 aromatic rings. The summed E-state index contributed by atoms with van der Waals surface area (Å²) in [5.74, 6) is 0.845. The molecule has 0 aliphatic rings. The van der Waals surface area contributed by atoms with Gasteiger partial charge in [-0.15, -0.1) is 0 Å². The van der Waals surface area contributed by atoms with Gasteiger partial charge in [-0.2, -0.15) is 36.9 Å². The maximum absolute atomic E-state index is 14.9. The fourth-order valence-electron chi connectivity index (χ4n) is 8.39. The highest BCUT2D eigenvalue weighted by Crippen LogP contribution is 2.45. The minimum atomic E-state index is -5.15. The van der Waals surface area contributed by atoms with E-state index < -0.39 is 29.0 Å². The molecule has 0 N–H and O–H groups in total. The molecule has 67 heavy (non-hydrogen) atoms. The highest BCUT2D eigenvalue weighted by Gasteiger charge is 2.38. The Kier molecular flexibility index (Phi) is 10.4. The Morgan fingerprint density at radius 2 is 0.851 bits per heavy atom. The lowest BCUT2D eigenvalue weighted by Gasteiger charge is -2.19. The van der Waals surface area contributed by atoms with E-state index in [9.17, 15) is 36.9 Å². The van der Waals surface area contributed by atoms with Crippen LogP contribution in [0.5, 0.6) is 0 Å². The quantitative estimate of drug-likeness (QED) is 0.149. The van der Waals surface area contributed by atoms with Crippen LogP contribution in [0.1, 0.15) is 22.3 Å². The van der Waals surface area contributed by atoms with Crippen molar-refractivity contribution >= 4 is 21.8 Å². The first-order valence-electron chi connectivity index (χ1n) is 20.8. The number of hydrogen-bond donors (Lipinski definition) is 0. The van der Waals surface area contributed by atoms with E-state index in [1.54, 1.807) is 42.5 Å². The number of rotatable bonds is 7. The molecule has 0 atom stereocenters. The predicted octanol–water partition coefficient (Wildman–Crippen LogP) is 14.8. The van der Waals surface area contributed by atoms with E-state index in [0.717, 1.165) is 39.1 Å². The third-order valence-corrected chi connectivity index (χ3v) is 11.6. The van der Waals surface area contributed by atoms with Gasteiger partial charge in [-0.3, -0.25) is 0 Å². The summed E-state index contributed by atoms with van der Waals surface area (Å²) in [6.07, 6.45) is -10.2. The van der Waals surface area contributed by atoms with Gasteiger partial charge in [0, 0.05) is 27.5 Å². The maximum Gasteiger partial charge on any atom is 0.417 e. The first-order valence-corrected chi connectivity index (χ1v) is 20.8. The summed E-state index contributed by atoms with van der Waals surface area (Å²) in [6, 6.07) is 54.9. The van der Waals surface area contributed by atoms with Gasteiger partial charge in [0.05, 0.1) is 51.1 Å². The molecule has 10 rings (SSSR count). The van der Waals surface area contributed by atoms with Crippen LogP contribution in [0.2, 0.25) is 0 Å². The monoisotopic (exact) mass is 888 g/mol. The van der Waals surface area contributed by atoms with Crippen LogP contribution in [0.15, 0.2) is 182 Å². The normalized spacial score (nSPS) is 11.7. The molecule has 0 aliphatic heterocycles. The van der Waals surface area contributed by atoms with Crippen molar-refractivity contribution in [2.24, 2.45) is 0 Å². The zero-order chi connectivity index (χ0) is 46.5. The summed E-state index contributed by atoms with van der Waals surface area (Å²) in [4.78, 5) is 14.8. The molecule has 322 valence electrons. The van der Waals surface area contributed by atoms with Gasteiger partial charge in [-0.05, 0) is 106 Å².